The molecule has 0 N–H and O–H groups in total. The van der Waals surface area contributed by atoms with Crippen LogP contribution in [-0.2, 0) is 14.3 Å². The molecule has 1 aliphatic heterocycles. The van der Waals surface area contributed by atoms with Crippen molar-refractivity contribution < 1.29 is 23.8 Å². The number of aliphatic imine (C=N–C) groups is 1. The third-order valence-electron chi connectivity index (χ3n) is 7.33. The van der Waals surface area contributed by atoms with Crippen LogP contribution in [0.25, 0.3) is 0 Å². The van der Waals surface area contributed by atoms with Crippen molar-refractivity contribution in [3.8, 4) is 11.5 Å². The third kappa shape index (κ3) is 5.80. The molecule has 3 aromatic carbocycles. The molecule has 0 spiro atoms. The Labute approximate surface area is 229 Å². The minimum atomic E-state index is -0.543. The average Bonchev–Trinajstić information content (AvgIpc) is 2.96. The second-order valence-electron chi connectivity index (χ2n) is 9.81. The van der Waals surface area contributed by atoms with E-state index in [-0.39, 0.29) is 24.9 Å². The largest absolute Gasteiger partial charge is 0.494 e. The summed E-state index contributed by atoms with van der Waals surface area (Å²) in [6, 6.07) is 27.1. The number of benzene rings is 3. The number of carbonyl (C=O) groups is 2. The number of ether oxygens (including phenoxy) is 3. The number of rotatable bonds is 9. The van der Waals surface area contributed by atoms with Crippen molar-refractivity contribution in [2.24, 2.45) is 10.9 Å². The van der Waals surface area contributed by atoms with Gasteiger partial charge in [0, 0.05) is 29.3 Å². The van der Waals surface area contributed by atoms with Gasteiger partial charge in [-0.1, -0.05) is 66.7 Å². The number of hydrogen-bond acceptors (Lipinski definition) is 6. The second-order valence-corrected chi connectivity index (χ2v) is 9.81. The molecule has 5 rings (SSSR count). The Morgan fingerprint density at radius 3 is 2.28 bits per heavy atom. The zero-order chi connectivity index (χ0) is 27.2. The fourth-order valence-electron chi connectivity index (χ4n) is 5.65. The molecule has 1 heterocycles. The monoisotopic (exact) mass is 523 g/mol. The van der Waals surface area contributed by atoms with Gasteiger partial charge in [0.25, 0.3) is 0 Å². The topological polar surface area (TPSA) is 74.2 Å². The van der Waals surface area contributed by atoms with Gasteiger partial charge in [0.15, 0.2) is 0 Å². The molecule has 0 bridgehead atoms. The van der Waals surface area contributed by atoms with Gasteiger partial charge < -0.3 is 14.2 Å². The maximum Gasteiger partial charge on any atom is 0.336 e. The minimum absolute atomic E-state index is 0.0629. The van der Waals surface area contributed by atoms with Crippen LogP contribution in [0.4, 0.5) is 0 Å². The Kier molecular flexibility index (Phi) is 8.21. The van der Waals surface area contributed by atoms with Crippen molar-refractivity contribution in [1.29, 1.82) is 0 Å². The number of para-hydroxylation sites is 2. The lowest BCUT2D eigenvalue weighted by molar-refractivity contribution is -0.140. The predicted octanol–water partition coefficient (Wildman–Crippen LogP) is 6.28. The van der Waals surface area contributed by atoms with Gasteiger partial charge in [-0.3, -0.25) is 9.79 Å². The van der Waals surface area contributed by atoms with Gasteiger partial charge in [-0.15, -0.1) is 0 Å². The molecule has 0 radical (unpaired) electrons. The summed E-state index contributed by atoms with van der Waals surface area (Å²) in [5, 5.41) is 0. The molecular weight excluding hydrogens is 490 g/mol. The number of Topliss-reactive ketones (excluding diaryl/α,β-unsaturated/α-hetero) is 1. The molecule has 0 amide bonds. The number of esters is 1. The third-order valence-corrected chi connectivity index (χ3v) is 7.33. The van der Waals surface area contributed by atoms with Crippen molar-refractivity contribution >= 4 is 17.5 Å². The highest BCUT2D eigenvalue weighted by Gasteiger charge is 2.46. The Hall–Kier alpha value is -4.19. The molecule has 0 aromatic heterocycles. The van der Waals surface area contributed by atoms with Crippen LogP contribution in [-0.4, -0.2) is 37.3 Å². The van der Waals surface area contributed by atoms with Crippen molar-refractivity contribution in [2.45, 2.75) is 38.5 Å². The van der Waals surface area contributed by atoms with Crippen LogP contribution in [0.15, 0.2) is 101 Å². The zero-order valence-electron chi connectivity index (χ0n) is 22.3. The summed E-state index contributed by atoms with van der Waals surface area (Å²) in [4.78, 5) is 32.3. The molecular formula is C33H33NO5. The Morgan fingerprint density at radius 1 is 0.846 bits per heavy atom. The molecule has 2 aliphatic rings. The highest BCUT2D eigenvalue weighted by atomic mass is 16.6. The van der Waals surface area contributed by atoms with E-state index in [1.54, 1.807) is 0 Å². The molecule has 1 aliphatic carbocycles. The number of hydrogen-bond donors (Lipinski definition) is 0. The number of ketones is 1. The lowest BCUT2D eigenvalue weighted by Gasteiger charge is -2.38. The van der Waals surface area contributed by atoms with Crippen LogP contribution < -0.4 is 9.47 Å². The van der Waals surface area contributed by atoms with Gasteiger partial charge in [0.2, 0.25) is 0 Å². The normalized spacial score (nSPS) is 20.6. The fourth-order valence-corrected chi connectivity index (χ4v) is 5.65. The van der Waals surface area contributed by atoms with E-state index in [0.29, 0.717) is 42.2 Å². The van der Waals surface area contributed by atoms with Crippen molar-refractivity contribution in [3.05, 3.63) is 107 Å². The SMILES string of the molecule is CCOc1ccccc1[C@@H]1C(C(=O)OCCOc2ccccc2)=C(C)N=C2C[C@@H](c3ccccc3)CC(=O)C21. The predicted molar refractivity (Wildman–Crippen MR) is 150 cm³/mol. The number of fused-ring (bicyclic) bond motifs is 1. The first-order valence-corrected chi connectivity index (χ1v) is 13.5. The quantitative estimate of drug-likeness (QED) is 0.244. The summed E-state index contributed by atoms with van der Waals surface area (Å²) in [6.07, 6.45) is 1.06. The highest BCUT2D eigenvalue weighted by Crippen LogP contribution is 2.48. The summed E-state index contributed by atoms with van der Waals surface area (Å²) >= 11 is 0. The minimum Gasteiger partial charge on any atom is -0.494 e. The van der Waals surface area contributed by atoms with Gasteiger partial charge in [-0.2, -0.15) is 0 Å². The summed E-state index contributed by atoms with van der Waals surface area (Å²) in [7, 11) is 0. The molecule has 3 atom stereocenters. The van der Waals surface area contributed by atoms with Crippen LogP contribution in [0.1, 0.15) is 49.7 Å². The number of carbonyl (C=O) groups excluding carboxylic acids is 2. The maximum absolute atomic E-state index is 13.8. The van der Waals surface area contributed by atoms with Crippen LogP contribution in [0.5, 0.6) is 11.5 Å². The first-order valence-electron chi connectivity index (χ1n) is 13.5. The molecule has 39 heavy (non-hydrogen) atoms. The lowest BCUT2D eigenvalue weighted by Crippen LogP contribution is -2.41. The molecule has 0 saturated heterocycles. The molecule has 1 fully saturated rings. The molecule has 200 valence electrons. The number of nitrogens with zero attached hydrogens (tertiary/aromatic N) is 1. The van der Waals surface area contributed by atoms with Gasteiger partial charge in [0.1, 0.15) is 30.5 Å². The zero-order valence-corrected chi connectivity index (χ0v) is 22.3. The van der Waals surface area contributed by atoms with E-state index in [0.717, 1.165) is 16.8 Å². The maximum atomic E-state index is 13.8. The van der Waals surface area contributed by atoms with Gasteiger partial charge in [-0.05, 0) is 49.9 Å². The number of allylic oxidation sites excluding steroid dienone is 1. The van der Waals surface area contributed by atoms with E-state index in [1.165, 1.54) is 0 Å². The molecule has 6 heteroatoms. The fraction of sp³-hybridized carbons (Fsp3) is 0.303. The Bertz CT molecular complexity index is 1380. The van der Waals surface area contributed by atoms with E-state index in [4.69, 9.17) is 19.2 Å². The van der Waals surface area contributed by atoms with Crippen molar-refractivity contribution in [1.82, 2.24) is 0 Å². The van der Waals surface area contributed by atoms with E-state index in [2.05, 4.69) is 12.1 Å². The van der Waals surface area contributed by atoms with Crippen LogP contribution in [0.3, 0.4) is 0 Å². The van der Waals surface area contributed by atoms with E-state index in [1.807, 2.05) is 86.6 Å². The Balaban J connectivity index is 1.46. The first-order chi connectivity index (χ1) is 19.1. The van der Waals surface area contributed by atoms with E-state index < -0.39 is 17.8 Å². The molecule has 3 aromatic rings. The van der Waals surface area contributed by atoms with E-state index >= 15 is 0 Å². The van der Waals surface area contributed by atoms with Crippen LogP contribution >= 0.6 is 0 Å². The van der Waals surface area contributed by atoms with Crippen molar-refractivity contribution in [2.75, 3.05) is 19.8 Å². The lowest BCUT2D eigenvalue weighted by atomic mass is 9.66. The summed E-state index contributed by atoms with van der Waals surface area (Å²) in [5.41, 5.74) is 3.73. The van der Waals surface area contributed by atoms with Gasteiger partial charge in [0.05, 0.1) is 18.1 Å². The van der Waals surface area contributed by atoms with Crippen LogP contribution in [0.2, 0.25) is 0 Å². The average molecular weight is 524 g/mol. The highest BCUT2D eigenvalue weighted by molar-refractivity contribution is 6.12. The second kappa shape index (κ2) is 12.1. The van der Waals surface area contributed by atoms with E-state index in [9.17, 15) is 9.59 Å². The van der Waals surface area contributed by atoms with Gasteiger partial charge >= 0.3 is 5.97 Å². The molecule has 6 nitrogen and oxygen atoms in total. The van der Waals surface area contributed by atoms with Crippen molar-refractivity contribution in [3.63, 3.8) is 0 Å². The summed E-state index contributed by atoms with van der Waals surface area (Å²) in [5.74, 6) is -0.0511. The van der Waals surface area contributed by atoms with Gasteiger partial charge in [-0.25, -0.2) is 4.79 Å². The first kappa shape index (κ1) is 26.4. The summed E-state index contributed by atoms with van der Waals surface area (Å²) in [6.45, 7) is 4.52. The Morgan fingerprint density at radius 2 is 1.54 bits per heavy atom. The smallest absolute Gasteiger partial charge is 0.336 e. The molecule has 1 saturated carbocycles. The van der Waals surface area contributed by atoms with Crippen LogP contribution in [0, 0.1) is 5.92 Å². The standard InChI is InChI=1S/C33H33NO5/c1-3-37-29-17-11-10-16-26(29)31-30(33(36)39-19-18-38-25-14-8-5-9-15-25)22(2)34-27-20-24(21-28(35)32(27)31)23-12-6-4-7-13-23/h4-17,24,31-32H,3,18-21H2,1-2H3/t24-,31-,32?/m1/s1. The molecule has 1 unspecified atom stereocenters. The summed E-state index contributed by atoms with van der Waals surface area (Å²) < 4.78 is 17.3.